The number of ketones is 1. The Morgan fingerprint density at radius 1 is 1.53 bits per heavy atom. The van der Waals surface area contributed by atoms with Gasteiger partial charge < -0.3 is 0 Å². The second-order valence-corrected chi connectivity index (χ2v) is 3.63. The Morgan fingerprint density at radius 3 is 2.47 bits per heavy atom. The SMILES string of the molecule is O=C1CCCC1C(C[N+](=O)[O-])C(F)(F)F. The predicted octanol–water partition coefficient (Wildman–Crippen LogP) is 1.81. The zero-order valence-electron chi connectivity index (χ0n) is 7.79. The maximum Gasteiger partial charge on any atom is 0.398 e. The molecule has 0 aromatic heterocycles. The van der Waals surface area contributed by atoms with E-state index in [2.05, 4.69) is 0 Å². The molecule has 0 heterocycles. The van der Waals surface area contributed by atoms with Crippen molar-refractivity contribution in [3.05, 3.63) is 10.1 Å². The second kappa shape index (κ2) is 4.16. The number of alkyl halides is 3. The third kappa shape index (κ3) is 2.90. The molecule has 2 atom stereocenters. The van der Waals surface area contributed by atoms with Crippen molar-refractivity contribution in [1.29, 1.82) is 0 Å². The largest absolute Gasteiger partial charge is 0.398 e. The number of hydrogen-bond acceptors (Lipinski definition) is 3. The third-order valence-electron chi connectivity index (χ3n) is 2.60. The van der Waals surface area contributed by atoms with E-state index in [9.17, 15) is 28.1 Å². The van der Waals surface area contributed by atoms with Gasteiger partial charge in [-0.15, -0.1) is 0 Å². The molecular formula is C8H10F3NO3. The number of nitro groups is 1. The Balaban J connectivity index is 2.80. The summed E-state index contributed by atoms with van der Waals surface area (Å²) in [6.07, 6.45) is -4.06. The number of Topliss-reactive ketones (excluding diaryl/α,β-unsaturated/α-hetero) is 1. The van der Waals surface area contributed by atoms with Gasteiger partial charge in [-0.3, -0.25) is 14.9 Å². The highest BCUT2D eigenvalue weighted by atomic mass is 19.4. The van der Waals surface area contributed by atoms with Crippen LogP contribution in [0.25, 0.3) is 0 Å². The van der Waals surface area contributed by atoms with Crippen LogP contribution in [0.5, 0.6) is 0 Å². The molecule has 4 nitrogen and oxygen atoms in total. The van der Waals surface area contributed by atoms with Crippen LogP contribution >= 0.6 is 0 Å². The summed E-state index contributed by atoms with van der Waals surface area (Å²) in [7, 11) is 0. The minimum Gasteiger partial charge on any atom is -0.299 e. The van der Waals surface area contributed by atoms with Crippen molar-refractivity contribution in [3.8, 4) is 0 Å². The fraction of sp³-hybridized carbons (Fsp3) is 0.875. The maximum atomic E-state index is 12.4. The molecule has 15 heavy (non-hydrogen) atoms. The summed E-state index contributed by atoms with van der Waals surface area (Å²) in [5.41, 5.74) is 0. The molecule has 1 fully saturated rings. The Labute approximate surface area is 83.6 Å². The molecule has 2 unspecified atom stereocenters. The van der Waals surface area contributed by atoms with E-state index in [-0.39, 0.29) is 12.8 Å². The molecule has 86 valence electrons. The molecule has 1 saturated carbocycles. The Bertz CT molecular complexity index is 277. The Morgan fingerprint density at radius 2 is 2.13 bits per heavy atom. The van der Waals surface area contributed by atoms with Crippen molar-refractivity contribution in [2.24, 2.45) is 11.8 Å². The smallest absolute Gasteiger partial charge is 0.299 e. The minimum absolute atomic E-state index is 0.106. The molecule has 1 rings (SSSR count). The molecule has 0 N–H and O–H groups in total. The predicted molar refractivity (Wildman–Crippen MR) is 43.8 cm³/mol. The van der Waals surface area contributed by atoms with Crippen LogP contribution < -0.4 is 0 Å². The minimum atomic E-state index is -4.67. The first-order valence-electron chi connectivity index (χ1n) is 4.53. The summed E-state index contributed by atoms with van der Waals surface area (Å²) in [6, 6.07) is 0. The molecule has 0 spiro atoms. The summed E-state index contributed by atoms with van der Waals surface area (Å²) in [5.74, 6) is -3.84. The van der Waals surface area contributed by atoms with Gasteiger partial charge in [-0.2, -0.15) is 13.2 Å². The van der Waals surface area contributed by atoms with Crippen LogP contribution in [-0.4, -0.2) is 23.4 Å². The van der Waals surface area contributed by atoms with Crippen LogP contribution in [0, 0.1) is 22.0 Å². The lowest BCUT2D eigenvalue weighted by molar-refractivity contribution is -0.499. The molecule has 1 aliphatic carbocycles. The normalized spacial score (nSPS) is 24.2. The first-order chi connectivity index (χ1) is 6.82. The lowest BCUT2D eigenvalue weighted by Gasteiger charge is -2.21. The van der Waals surface area contributed by atoms with Gasteiger partial charge in [0.1, 0.15) is 11.7 Å². The summed E-state index contributed by atoms with van der Waals surface area (Å²) >= 11 is 0. The molecule has 1 aliphatic rings. The van der Waals surface area contributed by atoms with Gasteiger partial charge in [0.15, 0.2) is 0 Å². The Hall–Kier alpha value is -1.14. The van der Waals surface area contributed by atoms with E-state index in [1.807, 2.05) is 0 Å². The monoisotopic (exact) mass is 225 g/mol. The standard InChI is InChI=1S/C8H10F3NO3/c9-8(10,11)6(4-12(14)15)5-2-1-3-7(5)13/h5-6H,1-4H2. The molecule has 0 aromatic carbocycles. The van der Waals surface area contributed by atoms with E-state index in [0.29, 0.717) is 6.42 Å². The quantitative estimate of drug-likeness (QED) is 0.543. The van der Waals surface area contributed by atoms with E-state index >= 15 is 0 Å². The van der Waals surface area contributed by atoms with Crippen molar-refractivity contribution in [1.82, 2.24) is 0 Å². The van der Waals surface area contributed by atoms with Crippen LogP contribution in [0.3, 0.4) is 0 Å². The fourth-order valence-electron chi connectivity index (χ4n) is 1.89. The van der Waals surface area contributed by atoms with Gasteiger partial charge in [0.25, 0.3) is 0 Å². The van der Waals surface area contributed by atoms with Gasteiger partial charge in [-0.05, 0) is 12.8 Å². The van der Waals surface area contributed by atoms with E-state index in [1.165, 1.54) is 0 Å². The number of hydrogen-bond donors (Lipinski definition) is 0. The van der Waals surface area contributed by atoms with Crippen LogP contribution in [0.15, 0.2) is 0 Å². The topological polar surface area (TPSA) is 60.2 Å². The fourth-order valence-corrected chi connectivity index (χ4v) is 1.89. The molecule has 0 amide bonds. The van der Waals surface area contributed by atoms with E-state index < -0.39 is 35.3 Å². The zero-order valence-corrected chi connectivity index (χ0v) is 7.79. The van der Waals surface area contributed by atoms with Crippen molar-refractivity contribution in [3.63, 3.8) is 0 Å². The van der Waals surface area contributed by atoms with Crippen molar-refractivity contribution in [2.75, 3.05) is 6.54 Å². The number of carbonyl (C=O) groups excluding carboxylic acids is 1. The molecule has 0 saturated heterocycles. The van der Waals surface area contributed by atoms with Crippen molar-refractivity contribution < 1.29 is 22.9 Å². The van der Waals surface area contributed by atoms with Crippen molar-refractivity contribution in [2.45, 2.75) is 25.4 Å². The van der Waals surface area contributed by atoms with E-state index in [4.69, 9.17) is 0 Å². The highest BCUT2D eigenvalue weighted by Crippen LogP contribution is 2.38. The highest BCUT2D eigenvalue weighted by molar-refractivity contribution is 5.83. The van der Waals surface area contributed by atoms with Gasteiger partial charge in [0, 0.05) is 17.3 Å². The highest BCUT2D eigenvalue weighted by Gasteiger charge is 2.51. The second-order valence-electron chi connectivity index (χ2n) is 3.63. The molecule has 0 aromatic rings. The molecule has 0 bridgehead atoms. The van der Waals surface area contributed by atoms with Gasteiger partial charge >= 0.3 is 6.18 Å². The first kappa shape index (κ1) is 11.9. The molecule has 0 aliphatic heterocycles. The van der Waals surface area contributed by atoms with Crippen molar-refractivity contribution >= 4 is 5.78 Å². The van der Waals surface area contributed by atoms with Crippen LogP contribution in [0.4, 0.5) is 13.2 Å². The van der Waals surface area contributed by atoms with E-state index in [1.54, 1.807) is 0 Å². The van der Waals surface area contributed by atoms with Gasteiger partial charge in [0.2, 0.25) is 6.54 Å². The molecular weight excluding hydrogens is 215 g/mol. The summed E-state index contributed by atoms with van der Waals surface area (Å²) in [5, 5.41) is 10.1. The first-order valence-corrected chi connectivity index (χ1v) is 4.53. The van der Waals surface area contributed by atoms with Crippen LogP contribution in [0.1, 0.15) is 19.3 Å². The average molecular weight is 225 g/mol. The van der Waals surface area contributed by atoms with Gasteiger partial charge in [-0.25, -0.2) is 0 Å². The molecule has 7 heteroatoms. The maximum absolute atomic E-state index is 12.4. The Kier molecular flexibility index (Phi) is 3.31. The average Bonchev–Trinajstić information content (AvgIpc) is 2.45. The van der Waals surface area contributed by atoms with Gasteiger partial charge in [0.05, 0.1) is 0 Å². The zero-order chi connectivity index (χ0) is 11.6. The lowest BCUT2D eigenvalue weighted by Crippen LogP contribution is -2.37. The summed E-state index contributed by atoms with van der Waals surface area (Å²) < 4.78 is 37.3. The van der Waals surface area contributed by atoms with Crippen LogP contribution in [-0.2, 0) is 4.79 Å². The number of rotatable bonds is 3. The summed E-state index contributed by atoms with van der Waals surface area (Å²) in [4.78, 5) is 20.2. The number of carbonyl (C=O) groups is 1. The summed E-state index contributed by atoms with van der Waals surface area (Å²) in [6.45, 7) is -1.21. The van der Waals surface area contributed by atoms with Gasteiger partial charge in [-0.1, -0.05) is 0 Å². The van der Waals surface area contributed by atoms with E-state index in [0.717, 1.165) is 0 Å². The lowest BCUT2D eigenvalue weighted by atomic mass is 9.89. The number of halogens is 3. The number of nitrogens with zero attached hydrogens (tertiary/aromatic N) is 1. The van der Waals surface area contributed by atoms with Crippen LogP contribution in [0.2, 0.25) is 0 Å². The molecule has 0 radical (unpaired) electrons. The third-order valence-corrected chi connectivity index (χ3v) is 2.60.